The number of ether oxygens (including phenoxy) is 3. The van der Waals surface area contributed by atoms with E-state index in [0.717, 1.165) is 22.3 Å². The minimum absolute atomic E-state index is 0.243. The number of hydrogen-bond acceptors (Lipinski definition) is 5. The van der Waals surface area contributed by atoms with E-state index in [1.165, 1.54) is 11.1 Å². The van der Waals surface area contributed by atoms with E-state index in [9.17, 15) is 5.11 Å². The van der Waals surface area contributed by atoms with Crippen LogP contribution in [-0.4, -0.2) is 52.7 Å². The molecule has 2 saturated heterocycles. The number of aromatic amines is 1. The Bertz CT molecular complexity index is 1210. The summed E-state index contributed by atoms with van der Waals surface area (Å²) in [5.74, 6) is 0.623. The molecule has 2 N–H and O–H groups in total. The lowest BCUT2D eigenvalue weighted by Gasteiger charge is -2.16. The van der Waals surface area contributed by atoms with Gasteiger partial charge in [0, 0.05) is 11.6 Å². The zero-order valence-electron chi connectivity index (χ0n) is 16.8. The summed E-state index contributed by atoms with van der Waals surface area (Å²) in [6.45, 7) is 0.685. The fourth-order valence-electron chi connectivity index (χ4n) is 4.38. The van der Waals surface area contributed by atoms with Crippen molar-refractivity contribution in [2.24, 2.45) is 0 Å². The highest BCUT2D eigenvalue weighted by Crippen LogP contribution is 2.31. The van der Waals surface area contributed by atoms with Crippen LogP contribution in [0.15, 0.2) is 72.8 Å². The highest BCUT2D eigenvalue weighted by atomic mass is 16.6. The number of hydrogen-bond donors (Lipinski definition) is 2. The van der Waals surface area contributed by atoms with E-state index in [1.807, 2.05) is 36.4 Å². The minimum atomic E-state index is -0.584. The van der Waals surface area contributed by atoms with Gasteiger partial charge in [-0.2, -0.15) is 0 Å². The smallest absolute Gasteiger partial charge is 0.193 e. The van der Waals surface area contributed by atoms with Gasteiger partial charge in [0.25, 0.3) is 0 Å². The second kappa shape index (κ2) is 7.50. The van der Waals surface area contributed by atoms with Crippen LogP contribution in [0.1, 0.15) is 0 Å². The van der Waals surface area contributed by atoms with Gasteiger partial charge in [-0.3, -0.25) is 0 Å². The average molecular weight is 414 g/mol. The van der Waals surface area contributed by atoms with E-state index in [-0.39, 0.29) is 24.9 Å². The van der Waals surface area contributed by atoms with Gasteiger partial charge in [-0.15, -0.1) is 0 Å². The van der Waals surface area contributed by atoms with Crippen molar-refractivity contribution < 1.29 is 19.3 Å². The van der Waals surface area contributed by atoms with Crippen LogP contribution in [-0.2, 0) is 9.47 Å². The zero-order valence-corrected chi connectivity index (χ0v) is 16.8. The van der Waals surface area contributed by atoms with Crippen molar-refractivity contribution in [3.8, 4) is 28.3 Å². The summed E-state index contributed by atoms with van der Waals surface area (Å²) in [4.78, 5) is 8.07. The summed E-state index contributed by atoms with van der Waals surface area (Å²) in [6.07, 6.45) is -1.38. The second-order valence-corrected chi connectivity index (χ2v) is 8.03. The third-order valence-electron chi connectivity index (χ3n) is 6.00. The second-order valence-electron chi connectivity index (χ2n) is 8.03. The molecular weight excluding hydrogens is 392 g/mol. The Kier molecular flexibility index (Phi) is 4.49. The molecule has 0 saturated carbocycles. The monoisotopic (exact) mass is 414 g/mol. The van der Waals surface area contributed by atoms with E-state index in [4.69, 9.17) is 19.2 Å². The first kappa shape index (κ1) is 18.6. The number of pyridine rings is 1. The van der Waals surface area contributed by atoms with Crippen molar-refractivity contribution in [2.75, 3.05) is 13.2 Å². The number of benzene rings is 2. The molecular formula is C25H22N2O4. The first-order chi connectivity index (χ1) is 15.2. The molecule has 6 rings (SSSR count). The average Bonchev–Trinajstić information content (AvgIpc) is 3.51. The third-order valence-corrected chi connectivity index (χ3v) is 6.00. The molecule has 2 aliphatic heterocycles. The number of aromatic nitrogens is 2. The van der Waals surface area contributed by atoms with E-state index in [0.29, 0.717) is 12.5 Å². The Hall–Kier alpha value is -3.19. The van der Waals surface area contributed by atoms with Gasteiger partial charge in [-0.1, -0.05) is 54.6 Å². The predicted octanol–water partition coefficient (Wildman–Crippen LogP) is 3.80. The van der Waals surface area contributed by atoms with Crippen LogP contribution >= 0.6 is 0 Å². The normalized spacial score (nSPS) is 25.1. The Morgan fingerprint density at radius 1 is 0.839 bits per heavy atom. The molecule has 31 heavy (non-hydrogen) atoms. The Morgan fingerprint density at radius 2 is 1.58 bits per heavy atom. The maximum atomic E-state index is 9.89. The first-order valence-corrected chi connectivity index (χ1v) is 10.5. The van der Waals surface area contributed by atoms with Crippen molar-refractivity contribution in [2.45, 2.75) is 24.4 Å². The van der Waals surface area contributed by atoms with Crippen LogP contribution in [0.5, 0.6) is 5.88 Å². The summed E-state index contributed by atoms with van der Waals surface area (Å²) in [6, 6.07) is 24.7. The van der Waals surface area contributed by atoms with Gasteiger partial charge in [0.15, 0.2) is 12.0 Å². The highest BCUT2D eigenvalue weighted by Gasteiger charge is 2.48. The maximum absolute atomic E-state index is 9.89. The molecule has 0 aliphatic carbocycles. The van der Waals surface area contributed by atoms with Crippen molar-refractivity contribution in [1.29, 1.82) is 0 Å². The van der Waals surface area contributed by atoms with Crippen molar-refractivity contribution >= 4 is 11.0 Å². The lowest BCUT2D eigenvalue weighted by Crippen LogP contribution is -2.34. The van der Waals surface area contributed by atoms with E-state index < -0.39 is 6.10 Å². The molecule has 2 fully saturated rings. The van der Waals surface area contributed by atoms with Crippen molar-refractivity contribution in [1.82, 2.24) is 9.97 Å². The van der Waals surface area contributed by atoms with Crippen molar-refractivity contribution in [3.63, 3.8) is 0 Å². The molecule has 156 valence electrons. The summed E-state index contributed by atoms with van der Waals surface area (Å²) < 4.78 is 17.4. The summed E-state index contributed by atoms with van der Waals surface area (Å²) in [5.41, 5.74) is 6.08. The van der Waals surface area contributed by atoms with Crippen LogP contribution in [0.25, 0.3) is 33.4 Å². The van der Waals surface area contributed by atoms with E-state index >= 15 is 0 Å². The molecule has 2 aromatic heterocycles. The minimum Gasteiger partial charge on any atom is -0.470 e. The number of nitrogens with zero attached hydrogens (tertiary/aromatic N) is 1. The topological polar surface area (TPSA) is 76.6 Å². The molecule has 6 nitrogen and oxygen atoms in total. The Labute approximate surface area is 179 Å². The maximum Gasteiger partial charge on any atom is 0.193 e. The predicted molar refractivity (Wildman–Crippen MR) is 117 cm³/mol. The van der Waals surface area contributed by atoms with Crippen LogP contribution in [0.4, 0.5) is 0 Å². The fourth-order valence-corrected chi connectivity index (χ4v) is 4.38. The van der Waals surface area contributed by atoms with Crippen LogP contribution in [0, 0.1) is 0 Å². The molecule has 4 aromatic rings. The number of aliphatic hydroxyl groups is 1. The van der Waals surface area contributed by atoms with Gasteiger partial charge in [0.05, 0.1) is 29.9 Å². The van der Waals surface area contributed by atoms with Gasteiger partial charge in [-0.05, 0) is 23.3 Å². The Morgan fingerprint density at radius 3 is 2.42 bits per heavy atom. The van der Waals surface area contributed by atoms with Crippen LogP contribution < -0.4 is 4.74 Å². The summed E-state index contributed by atoms with van der Waals surface area (Å²) in [7, 11) is 0. The largest absolute Gasteiger partial charge is 0.470 e. The number of rotatable bonds is 4. The number of fused-ring (bicyclic) bond motifs is 2. The lowest BCUT2D eigenvalue weighted by molar-refractivity contribution is 0.00794. The molecule has 6 heteroatoms. The van der Waals surface area contributed by atoms with Crippen molar-refractivity contribution in [3.05, 3.63) is 72.8 Å². The third kappa shape index (κ3) is 3.39. The summed E-state index contributed by atoms with van der Waals surface area (Å²) in [5, 5.41) is 9.89. The molecule has 4 heterocycles. The molecule has 0 bridgehead atoms. The number of aliphatic hydroxyl groups excluding tert-OH is 1. The Balaban J connectivity index is 1.23. The molecule has 2 aliphatic rings. The first-order valence-electron chi connectivity index (χ1n) is 10.5. The standard InChI is InChI=1S/C25H22N2O4/c28-21-13-29-25-22(14-30-24(21)25)31-23-12-20-19(27-23)11-10-18(26-20)17-8-6-16(7-9-17)15-4-2-1-3-5-15/h1-12,21-22,24-25,27-28H,13-14H2/t21-,22-,24-,25-/m1/s1. The van der Waals surface area contributed by atoms with Crippen LogP contribution in [0.3, 0.4) is 0 Å². The van der Waals surface area contributed by atoms with Gasteiger partial charge in [-0.25, -0.2) is 4.98 Å². The quantitative estimate of drug-likeness (QED) is 0.531. The van der Waals surface area contributed by atoms with Gasteiger partial charge in [0.2, 0.25) is 0 Å². The van der Waals surface area contributed by atoms with Gasteiger partial charge >= 0.3 is 0 Å². The van der Waals surface area contributed by atoms with E-state index in [2.05, 4.69) is 41.4 Å². The highest BCUT2D eigenvalue weighted by molar-refractivity contribution is 5.81. The van der Waals surface area contributed by atoms with Gasteiger partial charge in [0.1, 0.15) is 18.3 Å². The number of H-pyrrole nitrogens is 1. The SMILES string of the molecule is O[C@@H]1CO[C@H]2[C@@H]1OC[C@H]2Oc1cc2nc(-c3ccc(-c4ccccc4)cc3)ccc2[nH]1. The molecule has 4 atom stereocenters. The summed E-state index contributed by atoms with van der Waals surface area (Å²) >= 11 is 0. The molecule has 0 radical (unpaired) electrons. The van der Waals surface area contributed by atoms with Gasteiger partial charge < -0.3 is 24.3 Å². The number of nitrogens with one attached hydrogen (secondary N) is 1. The van der Waals surface area contributed by atoms with E-state index in [1.54, 1.807) is 0 Å². The molecule has 0 unspecified atom stereocenters. The lowest BCUT2D eigenvalue weighted by atomic mass is 10.0. The molecule has 0 amide bonds. The zero-order chi connectivity index (χ0) is 20.8. The molecule has 2 aromatic carbocycles. The van der Waals surface area contributed by atoms with Crippen LogP contribution in [0.2, 0.25) is 0 Å². The fraction of sp³-hybridized carbons (Fsp3) is 0.240. The molecule has 0 spiro atoms.